The van der Waals surface area contributed by atoms with E-state index in [1.807, 2.05) is 4.90 Å². The maximum atomic E-state index is 12.5. The first-order valence-corrected chi connectivity index (χ1v) is 7.49. The lowest BCUT2D eigenvalue weighted by atomic mass is 9.96. The van der Waals surface area contributed by atoms with Gasteiger partial charge >= 0.3 is 6.09 Å². The molecule has 2 amide bonds. The molecule has 6 heteroatoms. The van der Waals surface area contributed by atoms with Gasteiger partial charge in [-0.25, -0.2) is 4.79 Å². The van der Waals surface area contributed by atoms with E-state index in [0.717, 1.165) is 45.6 Å². The van der Waals surface area contributed by atoms with Crippen LogP contribution in [0.2, 0.25) is 0 Å². The second kappa shape index (κ2) is 6.92. The lowest BCUT2D eigenvalue weighted by Gasteiger charge is -2.38. The van der Waals surface area contributed by atoms with E-state index in [-0.39, 0.29) is 17.9 Å². The van der Waals surface area contributed by atoms with E-state index >= 15 is 0 Å². The van der Waals surface area contributed by atoms with Gasteiger partial charge in [0.1, 0.15) is 0 Å². The van der Waals surface area contributed by atoms with E-state index in [0.29, 0.717) is 13.1 Å². The van der Waals surface area contributed by atoms with Crippen molar-refractivity contribution in [2.75, 3.05) is 52.9 Å². The highest BCUT2D eigenvalue weighted by Gasteiger charge is 2.32. The van der Waals surface area contributed by atoms with Crippen molar-refractivity contribution in [3.8, 4) is 0 Å². The molecule has 0 aromatic rings. The van der Waals surface area contributed by atoms with Gasteiger partial charge in [-0.3, -0.25) is 4.79 Å². The third-order valence-electron chi connectivity index (χ3n) is 4.33. The quantitative estimate of drug-likeness (QED) is 0.746. The van der Waals surface area contributed by atoms with E-state index in [9.17, 15) is 9.59 Å². The number of methoxy groups -OCH3 is 1. The highest BCUT2D eigenvalue weighted by Crippen LogP contribution is 2.20. The number of likely N-dealkylation sites (N-methyl/N-ethyl adjacent to an activating group) is 1. The summed E-state index contributed by atoms with van der Waals surface area (Å²) in [4.78, 5) is 30.1. The first-order chi connectivity index (χ1) is 9.65. The monoisotopic (exact) mass is 283 g/mol. The summed E-state index contributed by atoms with van der Waals surface area (Å²) in [6.07, 6.45) is 1.43. The van der Waals surface area contributed by atoms with Gasteiger partial charge < -0.3 is 19.4 Å². The van der Waals surface area contributed by atoms with Gasteiger partial charge in [-0.15, -0.1) is 0 Å². The Kier molecular flexibility index (Phi) is 5.23. The summed E-state index contributed by atoms with van der Waals surface area (Å²) in [6.45, 7) is 7.90. The van der Waals surface area contributed by atoms with Crippen molar-refractivity contribution < 1.29 is 14.3 Å². The maximum absolute atomic E-state index is 12.5. The Hall–Kier alpha value is -1.30. The third-order valence-corrected chi connectivity index (χ3v) is 4.33. The molecule has 6 nitrogen and oxygen atoms in total. The predicted molar refractivity (Wildman–Crippen MR) is 75.4 cm³/mol. The fraction of sp³-hybridized carbons (Fsp3) is 0.857. The van der Waals surface area contributed by atoms with Crippen LogP contribution >= 0.6 is 0 Å². The van der Waals surface area contributed by atoms with Crippen LogP contribution in [0.4, 0.5) is 4.79 Å². The van der Waals surface area contributed by atoms with Crippen molar-refractivity contribution in [3.05, 3.63) is 0 Å². The van der Waals surface area contributed by atoms with Gasteiger partial charge in [-0.2, -0.15) is 0 Å². The largest absolute Gasteiger partial charge is 0.453 e. The van der Waals surface area contributed by atoms with Crippen molar-refractivity contribution in [1.82, 2.24) is 14.7 Å². The molecule has 1 atom stereocenters. The van der Waals surface area contributed by atoms with Crippen LogP contribution in [0.3, 0.4) is 0 Å². The van der Waals surface area contributed by atoms with E-state index in [1.54, 1.807) is 4.90 Å². The third kappa shape index (κ3) is 3.42. The Morgan fingerprint density at radius 2 is 1.80 bits per heavy atom. The molecule has 1 unspecified atom stereocenters. The number of ether oxygens (including phenoxy) is 1. The standard InChI is InChI=1S/C14H25N3O3/c1-3-15-7-9-16(10-8-15)13(18)12-5-4-6-17(11-12)14(19)20-2/h12H,3-11H2,1-2H3. The summed E-state index contributed by atoms with van der Waals surface area (Å²) in [6, 6.07) is 0. The molecule has 2 rings (SSSR count). The van der Waals surface area contributed by atoms with Crippen molar-refractivity contribution in [2.24, 2.45) is 5.92 Å². The molecule has 2 aliphatic heterocycles. The van der Waals surface area contributed by atoms with E-state index in [2.05, 4.69) is 11.8 Å². The maximum Gasteiger partial charge on any atom is 0.409 e. The average Bonchev–Trinajstić information content (AvgIpc) is 2.53. The number of amides is 2. The topological polar surface area (TPSA) is 53.1 Å². The summed E-state index contributed by atoms with van der Waals surface area (Å²) in [7, 11) is 1.39. The van der Waals surface area contributed by atoms with Gasteiger partial charge in [0, 0.05) is 39.3 Å². The van der Waals surface area contributed by atoms with Crippen LogP contribution in [0.25, 0.3) is 0 Å². The summed E-state index contributed by atoms with van der Waals surface area (Å²) in [5.41, 5.74) is 0. The van der Waals surface area contributed by atoms with Gasteiger partial charge in [0.25, 0.3) is 0 Å². The highest BCUT2D eigenvalue weighted by molar-refractivity contribution is 5.80. The molecule has 0 aromatic heterocycles. The molecule has 114 valence electrons. The average molecular weight is 283 g/mol. The van der Waals surface area contributed by atoms with Crippen LogP contribution < -0.4 is 0 Å². The SMILES string of the molecule is CCN1CCN(C(=O)C2CCCN(C(=O)OC)C2)CC1. The lowest BCUT2D eigenvalue weighted by molar-refractivity contribution is -0.138. The molecule has 2 saturated heterocycles. The molecule has 0 N–H and O–H groups in total. The first-order valence-electron chi connectivity index (χ1n) is 7.49. The number of nitrogens with zero attached hydrogens (tertiary/aromatic N) is 3. The van der Waals surface area contributed by atoms with Crippen molar-refractivity contribution >= 4 is 12.0 Å². The smallest absolute Gasteiger partial charge is 0.409 e. The van der Waals surface area contributed by atoms with Crippen molar-refractivity contribution in [3.63, 3.8) is 0 Å². The molecule has 20 heavy (non-hydrogen) atoms. The molecular formula is C14H25N3O3. The number of hydrogen-bond acceptors (Lipinski definition) is 4. The van der Waals surface area contributed by atoms with Gasteiger partial charge in [0.15, 0.2) is 0 Å². The van der Waals surface area contributed by atoms with Gasteiger partial charge in [-0.05, 0) is 19.4 Å². The minimum absolute atomic E-state index is 0.0592. The number of carbonyl (C=O) groups excluding carboxylic acids is 2. The van der Waals surface area contributed by atoms with Crippen molar-refractivity contribution in [2.45, 2.75) is 19.8 Å². The summed E-state index contributed by atoms with van der Waals surface area (Å²) in [5, 5.41) is 0. The highest BCUT2D eigenvalue weighted by atomic mass is 16.5. The fourth-order valence-corrected chi connectivity index (χ4v) is 3.02. The van der Waals surface area contributed by atoms with Crippen LogP contribution in [0.1, 0.15) is 19.8 Å². The first kappa shape index (κ1) is 15.1. The number of carbonyl (C=O) groups is 2. The molecule has 0 radical (unpaired) electrons. The second-order valence-electron chi connectivity index (χ2n) is 5.51. The molecule has 0 spiro atoms. The number of rotatable bonds is 2. The normalized spacial score (nSPS) is 24.6. The minimum Gasteiger partial charge on any atom is -0.453 e. The van der Waals surface area contributed by atoms with Gasteiger partial charge in [-0.1, -0.05) is 6.92 Å². The van der Waals surface area contributed by atoms with Gasteiger partial charge in [0.2, 0.25) is 5.91 Å². The zero-order valence-electron chi connectivity index (χ0n) is 12.5. The van der Waals surface area contributed by atoms with Crippen LogP contribution in [0.5, 0.6) is 0 Å². The summed E-state index contributed by atoms with van der Waals surface area (Å²) < 4.78 is 4.75. The molecule has 2 heterocycles. The lowest BCUT2D eigenvalue weighted by Crippen LogP contribution is -2.52. The van der Waals surface area contributed by atoms with E-state index in [4.69, 9.17) is 4.74 Å². The number of likely N-dealkylation sites (tertiary alicyclic amines) is 1. The number of piperidine rings is 1. The van der Waals surface area contributed by atoms with Gasteiger partial charge in [0.05, 0.1) is 13.0 Å². The predicted octanol–water partition coefficient (Wildman–Crippen LogP) is 0.629. The number of hydrogen-bond donors (Lipinski definition) is 0. The number of piperazine rings is 1. The Morgan fingerprint density at radius 1 is 1.10 bits per heavy atom. The Morgan fingerprint density at radius 3 is 2.40 bits per heavy atom. The molecule has 0 aliphatic carbocycles. The molecular weight excluding hydrogens is 258 g/mol. The Labute approximate surface area is 120 Å². The summed E-state index contributed by atoms with van der Waals surface area (Å²) in [5.74, 6) is 0.144. The Bertz CT molecular complexity index is 354. The van der Waals surface area contributed by atoms with E-state index in [1.165, 1.54) is 7.11 Å². The van der Waals surface area contributed by atoms with E-state index < -0.39 is 0 Å². The molecule has 0 saturated carbocycles. The summed E-state index contributed by atoms with van der Waals surface area (Å²) >= 11 is 0. The van der Waals surface area contributed by atoms with Crippen LogP contribution in [-0.4, -0.2) is 79.6 Å². The molecule has 0 bridgehead atoms. The fourth-order valence-electron chi connectivity index (χ4n) is 3.02. The van der Waals surface area contributed by atoms with Crippen molar-refractivity contribution in [1.29, 1.82) is 0 Å². The van der Waals surface area contributed by atoms with Crippen LogP contribution in [0, 0.1) is 5.92 Å². The molecule has 2 aliphatic rings. The zero-order valence-corrected chi connectivity index (χ0v) is 12.5. The van der Waals surface area contributed by atoms with Crippen LogP contribution in [0.15, 0.2) is 0 Å². The van der Waals surface area contributed by atoms with Crippen LogP contribution in [-0.2, 0) is 9.53 Å². The zero-order chi connectivity index (χ0) is 14.5. The Balaban J connectivity index is 1.87. The minimum atomic E-state index is -0.321. The second-order valence-corrected chi connectivity index (χ2v) is 5.51. The molecule has 0 aromatic carbocycles. The molecule has 2 fully saturated rings.